The summed E-state index contributed by atoms with van der Waals surface area (Å²) < 4.78 is 10.8. The molecule has 6 nitrogen and oxygen atoms in total. The number of carbonyl (C=O) groups is 2. The van der Waals surface area contributed by atoms with Crippen LogP contribution in [-0.2, 0) is 29.0 Å². The molecule has 202 valence electrons. The highest BCUT2D eigenvalue weighted by Crippen LogP contribution is 2.28. The molecule has 0 spiro atoms. The molecule has 0 radical (unpaired) electrons. The van der Waals surface area contributed by atoms with Crippen molar-refractivity contribution in [3.63, 3.8) is 0 Å². The number of nitrogens with zero attached hydrogens (tertiary/aromatic N) is 1. The molecule has 0 aliphatic carbocycles. The lowest BCUT2D eigenvalue weighted by Crippen LogP contribution is -2.54. The monoisotopic (exact) mass is 516 g/mol. The third-order valence-electron chi connectivity index (χ3n) is 6.28. The summed E-state index contributed by atoms with van der Waals surface area (Å²) in [6.45, 7) is 8.23. The van der Waals surface area contributed by atoms with Crippen molar-refractivity contribution in [1.29, 1.82) is 0 Å². The molecule has 0 fully saturated rings. The molecule has 1 N–H and O–H groups in total. The molecule has 38 heavy (non-hydrogen) atoms. The number of ether oxygens (including phenoxy) is 2. The van der Waals surface area contributed by atoms with Crippen molar-refractivity contribution in [3.8, 4) is 11.5 Å². The molecular formula is C32H40N2O4. The zero-order valence-corrected chi connectivity index (χ0v) is 23.4. The van der Waals surface area contributed by atoms with Gasteiger partial charge in [-0.25, -0.2) is 0 Å². The summed E-state index contributed by atoms with van der Waals surface area (Å²) >= 11 is 0. The molecule has 3 rings (SSSR count). The minimum atomic E-state index is -0.657. The van der Waals surface area contributed by atoms with Crippen molar-refractivity contribution in [2.45, 2.75) is 65.1 Å². The van der Waals surface area contributed by atoms with Crippen molar-refractivity contribution < 1.29 is 19.1 Å². The van der Waals surface area contributed by atoms with Crippen LogP contribution in [0.5, 0.6) is 11.5 Å². The summed E-state index contributed by atoms with van der Waals surface area (Å²) in [4.78, 5) is 29.3. The molecule has 1 atom stereocenters. The molecule has 0 aliphatic heterocycles. The first kappa shape index (κ1) is 28.8. The third-order valence-corrected chi connectivity index (χ3v) is 6.28. The van der Waals surface area contributed by atoms with Gasteiger partial charge in [0.05, 0.1) is 14.2 Å². The van der Waals surface area contributed by atoms with Gasteiger partial charge in [-0.1, -0.05) is 66.2 Å². The van der Waals surface area contributed by atoms with E-state index in [4.69, 9.17) is 9.47 Å². The molecule has 0 heterocycles. The minimum absolute atomic E-state index is 0.0775. The lowest BCUT2D eigenvalue weighted by Gasteiger charge is -2.34. The fraction of sp³-hybridized carbons (Fsp3) is 0.375. The number of methoxy groups -OCH3 is 2. The maximum absolute atomic E-state index is 13.9. The van der Waals surface area contributed by atoms with Gasteiger partial charge in [0, 0.05) is 24.9 Å². The Morgan fingerprint density at radius 3 is 2.16 bits per heavy atom. The molecule has 6 heteroatoms. The predicted octanol–water partition coefficient (Wildman–Crippen LogP) is 5.50. The smallest absolute Gasteiger partial charge is 0.243 e. The topological polar surface area (TPSA) is 67.9 Å². The van der Waals surface area contributed by atoms with E-state index >= 15 is 0 Å². The van der Waals surface area contributed by atoms with Crippen molar-refractivity contribution in [1.82, 2.24) is 10.2 Å². The predicted molar refractivity (Wildman–Crippen MR) is 151 cm³/mol. The summed E-state index contributed by atoms with van der Waals surface area (Å²) in [5.41, 5.74) is 3.64. The first-order valence-corrected chi connectivity index (χ1v) is 13.0. The molecular weight excluding hydrogens is 476 g/mol. The van der Waals surface area contributed by atoms with Gasteiger partial charge >= 0.3 is 0 Å². The number of carbonyl (C=O) groups excluding carboxylic acids is 2. The van der Waals surface area contributed by atoms with Crippen LogP contribution < -0.4 is 14.8 Å². The summed E-state index contributed by atoms with van der Waals surface area (Å²) in [6, 6.07) is 23.0. The highest BCUT2D eigenvalue weighted by molar-refractivity contribution is 5.88. The van der Waals surface area contributed by atoms with E-state index in [0.717, 1.165) is 22.3 Å². The van der Waals surface area contributed by atoms with Crippen molar-refractivity contribution in [2.24, 2.45) is 0 Å². The first-order chi connectivity index (χ1) is 18.1. The average Bonchev–Trinajstić information content (AvgIpc) is 2.88. The molecule has 0 aromatic heterocycles. The molecule has 0 aliphatic rings. The summed E-state index contributed by atoms with van der Waals surface area (Å²) in [5, 5.41) is 3.11. The van der Waals surface area contributed by atoms with Gasteiger partial charge in [-0.2, -0.15) is 0 Å². The van der Waals surface area contributed by atoms with E-state index in [-0.39, 0.29) is 18.2 Å². The van der Waals surface area contributed by atoms with Crippen LogP contribution in [0.15, 0.2) is 72.8 Å². The lowest BCUT2D eigenvalue weighted by molar-refractivity contribution is -0.141. The van der Waals surface area contributed by atoms with Crippen LogP contribution in [0.25, 0.3) is 0 Å². The first-order valence-electron chi connectivity index (χ1n) is 13.0. The Bertz CT molecular complexity index is 1220. The normalized spacial score (nSPS) is 11.9. The van der Waals surface area contributed by atoms with Crippen LogP contribution in [-0.4, -0.2) is 42.5 Å². The number of benzene rings is 3. The van der Waals surface area contributed by atoms with Gasteiger partial charge in [0.25, 0.3) is 0 Å². The third kappa shape index (κ3) is 8.37. The van der Waals surface area contributed by atoms with Crippen LogP contribution in [0, 0.1) is 6.92 Å². The fourth-order valence-corrected chi connectivity index (χ4v) is 4.45. The Morgan fingerprint density at radius 1 is 0.842 bits per heavy atom. The molecule has 3 aromatic rings. The number of hydrogen-bond donors (Lipinski definition) is 1. The van der Waals surface area contributed by atoms with Gasteiger partial charge in [-0.3, -0.25) is 9.59 Å². The number of amides is 2. The zero-order valence-electron chi connectivity index (χ0n) is 23.4. The van der Waals surface area contributed by atoms with Crippen LogP contribution in [0.4, 0.5) is 0 Å². The minimum Gasteiger partial charge on any atom is -0.493 e. The highest BCUT2D eigenvalue weighted by atomic mass is 16.5. The second kappa shape index (κ2) is 13.1. The van der Waals surface area contributed by atoms with Gasteiger partial charge in [-0.15, -0.1) is 0 Å². The number of hydrogen-bond acceptors (Lipinski definition) is 4. The largest absolute Gasteiger partial charge is 0.493 e. The van der Waals surface area contributed by atoms with E-state index in [0.29, 0.717) is 30.9 Å². The molecule has 3 aromatic carbocycles. The van der Waals surface area contributed by atoms with Crippen molar-refractivity contribution >= 4 is 11.8 Å². The van der Waals surface area contributed by atoms with Crippen molar-refractivity contribution in [3.05, 3.63) is 95.1 Å². The standard InChI is InChI=1S/C32H40N2O4/c1-23-11-10-14-26(19-23)22-34(30(35)18-16-25-15-17-28(37-5)29(21-25)38-6)27(31(36)33-32(2,3)4)20-24-12-8-7-9-13-24/h7-15,17,19,21,27H,16,18,20,22H2,1-6H3,(H,33,36)/t27-/m1/s1. The number of nitrogens with one attached hydrogen (secondary N) is 1. The summed E-state index contributed by atoms with van der Waals surface area (Å²) in [6.07, 6.45) is 1.20. The SMILES string of the molecule is COc1ccc(CCC(=O)N(Cc2cccc(C)c2)[C@H](Cc2ccccc2)C(=O)NC(C)(C)C)cc1OC. The molecule has 2 amide bonds. The van der Waals surface area contributed by atoms with E-state index < -0.39 is 11.6 Å². The van der Waals surface area contributed by atoms with Crippen LogP contribution >= 0.6 is 0 Å². The van der Waals surface area contributed by atoms with Gasteiger partial charge in [0.15, 0.2) is 11.5 Å². The van der Waals surface area contributed by atoms with Gasteiger partial charge < -0.3 is 19.7 Å². The quantitative estimate of drug-likeness (QED) is 0.365. The molecule has 0 saturated carbocycles. The molecule has 0 unspecified atom stereocenters. The van der Waals surface area contributed by atoms with E-state index in [2.05, 4.69) is 11.4 Å². The fourth-order valence-electron chi connectivity index (χ4n) is 4.45. The highest BCUT2D eigenvalue weighted by Gasteiger charge is 2.32. The van der Waals surface area contributed by atoms with Crippen LogP contribution in [0.1, 0.15) is 49.4 Å². The van der Waals surface area contributed by atoms with Gasteiger partial charge in [0.1, 0.15) is 6.04 Å². The average molecular weight is 517 g/mol. The maximum atomic E-state index is 13.9. The zero-order chi connectivity index (χ0) is 27.7. The van der Waals surface area contributed by atoms with E-state index in [1.807, 2.05) is 94.4 Å². The Hall–Kier alpha value is -3.80. The van der Waals surface area contributed by atoms with Gasteiger partial charge in [-0.05, 0) is 62.9 Å². The van der Waals surface area contributed by atoms with E-state index in [1.54, 1.807) is 19.1 Å². The second-order valence-corrected chi connectivity index (χ2v) is 10.6. The number of rotatable bonds is 11. The van der Waals surface area contributed by atoms with Crippen LogP contribution in [0.3, 0.4) is 0 Å². The van der Waals surface area contributed by atoms with Crippen LogP contribution in [0.2, 0.25) is 0 Å². The van der Waals surface area contributed by atoms with E-state index in [9.17, 15) is 9.59 Å². The molecule has 0 bridgehead atoms. The van der Waals surface area contributed by atoms with Crippen molar-refractivity contribution in [2.75, 3.05) is 14.2 Å². The Kier molecular flexibility index (Phi) is 9.94. The summed E-state index contributed by atoms with van der Waals surface area (Å²) in [5.74, 6) is 1.03. The van der Waals surface area contributed by atoms with E-state index in [1.165, 1.54) is 0 Å². The summed E-state index contributed by atoms with van der Waals surface area (Å²) in [7, 11) is 3.19. The Labute approximate surface area is 227 Å². The Balaban J connectivity index is 1.93. The van der Waals surface area contributed by atoms with Gasteiger partial charge in [0.2, 0.25) is 11.8 Å². The lowest BCUT2D eigenvalue weighted by atomic mass is 9.99. The molecule has 0 saturated heterocycles. The second-order valence-electron chi connectivity index (χ2n) is 10.6. The maximum Gasteiger partial charge on any atom is 0.243 e. The number of aryl methyl sites for hydroxylation is 2. The Morgan fingerprint density at radius 2 is 1.53 bits per heavy atom.